The first-order chi connectivity index (χ1) is 9.33. The molecule has 1 heterocycles. The van der Waals surface area contributed by atoms with Crippen LogP contribution in [0.25, 0.3) is 0 Å². The molecule has 0 aliphatic rings. The van der Waals surface area contributed by atoms with Gasteiger partial charge in [-0.15, -0.1) is 0 Å². The zero-order valence-corrected chi connectivity index (χ0v) is 13.0. The van der Waals surface area contributed by atoms with Crippen molar-refractivity contribution in [2.45, 2.75) is 18.5 Å². The Kier molecular flexibility index (Phi) is 6.21. The molecular formula is C11H17N3O4S2. The van der Waals surface area contributed by atoms with E-state index in [1.807, 2.05) is 0 Å². The molecule has 2 N–H and O–H groups in total. The van der Waals surface area contributed by atoms with E-state index >= 15 is 0 Å². The van der Waals surface area contributed by atoms with Crippen LogP contribution in [0.5, 0.6) is 0 Å². The first-order valence-corrected chi connectivity index (χ1v) is 8.98. The molecule has 0 atom stereocenters. The molecule has 0 saturated carbocycles. The second kappa shape index (κ2) is 7.44. The van der Waals surface area contributed by atoms with Crippen molar-refractivity contribution in [1.82, 2.24) is 9.97 Å². The molecule has 1 rings (SSSR count). The quantitative estimate of drug-likeness (QED) is 0.339. The Morgan fingerprint density at radius 2 is 2.20 bits per heavy atom. The van der Waals surface area contributed by atoms with E-state index in [0.717, 1.165) is 0 Å². The van der Waals surface area contributed by atoms with Gasteiger partial charge in [-0.3, -0.25) is 0 Å². The van der Waals surface area contributed by atoms with Crippen LogP contribution >= 0.6 is 11.8 Å². The molecule has 20 heavy (non-hydrogen) atoms. The molecule has 0 bridgehead atoms. The fraction of sp³-hybridized carbons (Fsp3) is 0.545. The summed E-state index contributed by atoms with van der Waals surface area (Å²) < 4.78 is 26.7. The minimum atomic E-state index is -2.95. The number of nitrogen functional groups attached to an aromatic ring is 1. The number of anilines is 1. The zero-order chi connectivity index (χ0) is 15.2. The molecular weight excluding hydrogens is 302 g/mol. The summed E-state index contributed by atoms with van der Waals surface area (Å²) in [6.45, 7) is 1.95. The maximum absolute atomic E-state index is 11.5. The molecule has 0 saturated heterocycles. The van der Waals surface area contributed by atoms with Gasteiger partial charge in [-0.05, 0) is 13.3 Å². The third-order valence-corrected chi connectivity index (χ3v) is 4.16. The van der Waals surface area contributed by atoms with Crippen LogP contribution in [0.2, 0.25) is 0 Å². The Bertz CT molecular complexity index is 575. The topological polar surface area (TPSA) is 112 Å². The van der Waals surface area contributed by atoms with E-state index in [-0.39, 0.29) is 23.7 Å². The number of nitrogens with zero attached hydrogens (tertiary/aromatic N) is 2. The number of hydrogen-bond acceptors (Lipinski definition) is 8. The number of hydrogen-bond donors (Lipinski definition) is 1. The van der Waals surface area contributed by atoms with Crippen LogP contribution < -0.4 is 5.73 Å². The summed E-state index contributed by atoms with van der Waals surface area (Å²) in [7, 11) is -2.95. The van der Waals surface area contributed by atoms with Crippen LogP contribution in [0.15, 0.2) is 11.4 Å². The molecule has 1 aromatic rings. The normalized spacial score (nSPS) is 11.3. The average molecular weight is 319 g/mol. The number of carbonyl (C=O) groups is 1. The van der Waals surface area contributed by atoms with Gasteiger partial charge in [0.1, 0.15) is 21.2 Å². The molecule has 112 valence electrons. The number of carbonyl (C=O) groups excluding carboxylic acids is 1. The number of esters is 1. The molecule has 0 spiro atoms. The van der Waals surface area contributed by atoms with Crippen molar-refractivity contribution in [3.8, 4) is 0 Å². The molecule has 1 aromatic heterocycles. The highest BCUT2D eigenvalue weighted by Gasteiger charge is 2.13. The van der Waals surface area contributed by atoms with Crippen LogP contribution in [0, 0.1) is 0 Å². The molecule has 7 nitrogen and oxygen atoms in total. The summed E-state index contributed by atoms with van der Waals surface area (Å²) in [6.07, 6.45) is 3.02. The zero-order valence-electron chi connectivity index (χ0n) is 11.3. The summed E-state index contributed by atoms with van der Waals surface area (Å²) >= 11 is 1.29. The predicted octanol–water partition coefficient (Wildman–Crippen LogP) is 0.762. The largest absolute Gasteiger partial charge is 0.462 e. The minimum Gasteiger partial charge on any atom is -0.462 e. The fourth-order valence-corrected chi connectivity index (χ4v) is 2.91. The van der Waals surface area contributed by atoms with E-state index in [0.29, 0.717) is 17.3 Å². The number of rotatable bonds is 7. The molecule has 0 aliphatic carbocycles. The summed E-state index contributed by atoms with van der Waals surface area (Å²) in [5, 5.41) is 0.407. The lowest BCUT2D eigenvalue weighted by molar-refractivity contribution is 0.0526. The number of ether oxygens (including phenoxy) is 1. The van der Waals surface area contributed by atoms with Crippen LogP contribution in [0.1, 0.15) is 23.7 Å². The lowest BCUT2D eigenvalue weighted by Gasteiger charge is -2.05. The minimum absolute atomic E-state index is 0.0593. The van der Waals surface area contributed by atoms with Gasteiger partial charge < -0.3 is 10.5 Å². The Balaban J connectivity index is 2.57. The lowest BCUT2D eigenvalue weighted by atomic mass is 10.3. The van der Waals surface area contributed by atoms with Gasteiger partial charge in [-0.25, -0.2) is 23.2 Å². The van der Waals surface area contributed by atoms with Gasteiger partial charge in [0.15, 0.2) is 5.16 Å². The summed E-state index contributed by atoms with van der Waals surface area (Å²) in [5.74, 6) is 0.185. The Labute approximate surface area is 122 Å². The first kappa shape index (κ1) is 16.7. The monoisotopic (exact) mass is 319 g/mol. The predicted molar refractivity (Wildman–Crippen MR) is 77.5 cm³/mol. The van der Waals surface area contributed by atoms with Crippen molar-refractivity contribution >= 4 is 33.4 Å². The number of sulfone groups is 1. The molecule has 0 aromatic carbocycles. The van der Waals surface area contributed by atoms with E-state index in [4.69, 9.17) is 10.5 Å². The van der Waals surface area contributed by atoms with E-state index in [1.54, 1.807) is 6.92 Å². The van der Waals surface area contributed by atoms with Gasteiger partial charge >= 0.3 is 5.97 Å². The van der Waals surface area contributed by atoms with Crippen LogP contribution in [-0.4, -0.2) is 48.7 Å². The highest BCUT2D eigenvalue weighted by Crippen LogP contribution is 2.17. The molecule has 0 radical (unpaired) electrons. The van der Waals surface area contributed by atoms with Crippen molar-refractivity contribution in [2.75, 3.05) is 30.1 Å². The molecule has 0 aliphatic heterocycles. The molecule has 0 amide bonds. The Hall–Kier alpha value is -1.35. The lowest BCUT2D eigenvalue weighted by Crippen LogP contribution is -2.10. The SMILES string of the molecule is CCOC(=O)c1cnc(SCCCS(C)(=O)=O)nc1N. The number of aromatic nitrogens is 2. The van der Waals surface area contributed by atoms with Crippen molar-refractivity contribution in [2.24, 2.45) is 0 Å². The van der Waals surface area contributed by atoms with Crippen LogP contribution in [-0.2, 0) is 14.6 Å². The number of thioether (sulfide) groups is 1. The van der Waals surface area contributed by atoms with Crippen LogP contribution in [0.3, 0.4) is 0 Å². The maximum atomic E-state index is 11.5. The van der Waals surface area contributed by atoms with Gasteiger partial charge in [0.2, 0.25) is 0 Å². The second-order valence-corrected chi connectivity index (χ2v) is 7.33. The van der Waals surface area contributed by atoms with Gasteiger partial charge in [0, 0.05) is 18.2 Å². The van der Waals surface area contributed by atoms with E-state index in [2.05, 4.69) is 9.97 Å². The van der Waals surface area contributed by atoms with E-state index in [1.165, 1.54) is 24.2 Å². The first-order valence-electron chi connectivity index (χ1n) is 5.93. The third kappa shape index (κ3) is 5.74. The van der Waals surface area contributed by atoms with Gasteiger partial charge in [0.05, 0.1) is 12.4 Å². The molecule has 0 fully saturated rings. The van der Waals surface area contributed by atoms with Crippen molar-refractivity contribution < 1.29 is 17.9 Å². The van der Waals surface area contributed by atoms with E-state index < -0.39 is 15.8 Å². The summed E-state index contributed by atoms with van der Waals surface area (Å²) in [5.41, 5.74) is 5.80. The van der Waals surface area contributed by atoms with Crippen molar-refractivity contribution in [1.29, 1.82) is 0 Å². The third-order valence-electron chi connectivity index (χ3n) is 2.18. The molecule has 0 unspecified atom stereocenters. The fourth-order valence-electron chi connectivity index (χ4n) is 1.30. The van der Waals surface area contributed by atoms with Gasteiger partial charge in [-0.2, -0.15) is 0 Å². The molecule has 9 heteroatoms. The Morgan fingerprint density at radius 1 is 1.50 bits per heavy atom. The average Bonchev–Trinajstić information content (AvgIpc) is 2.34. The highest BCUT2D eigenvalue weighted by atomic mass is 32.2. The summed E-state index contributed by atoms with van der Waals surface area (Å²) in [4.78, 5) is 19.5. The smallest absolute Gasteiger partial charge is 0.343 e. The van der Waals surface area contributed by atoms with Crippen molar-refractivity contribution in [3.05, 3.63) is 11.8 Å². The maximum Gasteiger partial charge on any atom is 0.343 e. The standard InChI is InChI=1S/C11H17N3O4S2/c1-3-18-10(15)8-7-13-11(14-9(8)12)19-5-4-6-20(2,16)17/h7H,3-6H2,1-2H3,(H2,12,13,14). The van der Waals surface area contributed by atoms with Gasteiger partial charge in [0.25, 0.3) is 0 Å². The van der Waals surface area contributed by atoms with Crippen molar-refractivity contribution in [3.63, 3.8) is 0 Å². The Morgan fingerprint density at radius 3 is 2.75 bits per heavy atom. The highest BCUT2D eigenvalue weighted by molar-refractivity contribution is 7.99. The van der Waals surface area contributed by atoms with E-state index in [9.17, 15) is 13.2 Å². The van der Waals surface area contributed by atoms with Crippen LogP contribution in [0.4, 0.5) is 5.82 Å². The summed E-state index contributed by atoms with van der Waals surface area (Å²) in [6, 6.07) is 0. The van der Waals surface area contributed by atoms with Gasteiger partial charge in [-0.1, -0.05) is 11.8 Å². The second-order valence-electron chi connectivity index (χ2n) is 4.00. The number of nitrogens with two attached hydrogens (primary N) is 1.